The van der Waals surface area contributed by atoms with Gasteiger partial charge in [0, 0.05) is 19.1 Å². The SMILES string of the molecule is O=C(CN(c1cccc(S(=O)(=O)N2CCCC2)c1)S(=O)(=O)c1cccs1)NC1CCCC1. The number of amides is 1. The Labute approximate surface area is 193 Å². The summed E-state index contributed by atoms with van der Waals surface area (Å²) in [5.41, 5.74) is 0.153. The van der Waals surface area contributed by atoms with Gasteiger partial charge in [0.2, 0.25) is 15.9 Å². The third kappa shape index (κ3) is 4.85. The molecule has 8 nitrogen and oxygen atoms in total. The Morgan fingerprint density at radius 3 is 2.41 bits per heavy atom. The first kappa shape index (κ1) is 23.2. The zero-order valence-corrected chi connectivity index (χ0v) is 20.1. The van der Waals surface area contributed by atoms with Gasteiger partial charge in [-0.2, -0.15) is 4.31 Å². The van der Waals surface area contributed by atoms with Crippen LogP contribution < -0.4 is 9.62 Å². The number of sulfonamides is 2. The van der Waals surface area contributed by atoms with E-state index < -0.39 is 32.5 Å². The summed E-state index contributed by atoms with van der Waals surface area (Å²) >= 11 is 1.06. The molecule has 2 aromatic rings. The third-order valence-corrected chi connectivity index (χ3v) is 10.9. The maximum Gasteiger partial charge on any atom is 0.274 e. The number of anilines is 1. The van der Waals surface area contributed by atoms with Crippen molar-refractivity contribution in [3.63, 3.8) is 0 Å². The molecular formula is C21H27N3O5S3. The summed E-state index contributed by atoms with van der Waals surface area (Å²) in [6, 6.07) is 9.01. The van der Waals surface area contributed by atoms with Crippen molar-refractivity contribution >= 4 is 43.0 Å². The first-order chi connectivity index (χ1) is 15.3. The van der Waals surface area contributed by atoms with Crippen LogP contribution in [0.15, 0.2) is 50.9 Å². The number of nitrogens with one attached hydrogen (secondary N) is 1. The van der Waals surface area contributed by atoms with Gasteiger partial charge in [-0.05, 0) is 55.3 Å². The van der Waals surface area contributed by atoms with Crippen molar-refractivity contribution in [1.82, 2.24) is 9.62 Å². The van der Waals surface area contributed by atoms with Crippen LogP contribution in [0.3, 0.4) is 0 Å². The van der Waals surface area contributed by atoms with Gasteiger partial charge in [0.15, 0.2) is 0 Å². The predicted molar refractivity (Wildman–Crippen MR) is 124 cm³/mol. The second-order valence-electron chi connectivity index (χ2n) is 8.10. The molecule has 0 spiro atoms. The van der Waals surface area contributed by atoms with Gasteiger partial charge >= 0.3 is 0 Å². The van der Waals surface area contributed by atoms with Crippen LogP contribution in [-0.4, -0.2) is 52.7 Å². The number of benzene rings is 1. The molecule has 1 saturated heterocycles. The summed E-state index contributed by atoms with van der Waals surface area (Å²) in [5, 5.41) is 4.57. The van der Waals surface area contributed by atoms with Crippen molar-refractivity contribution in [2.45, 2.75) is 53.7 Å². The number of nitrogens with zero attached hydrogens (tertiary/aromatic N) is 2. The van der Waals surface area contributed by atoms with Crippen LogP contribution in [0, 0.1) is 0 Å². The van der Waals surface area contributed by atoms with Crippen LogP contribution in [0.5, 0.6) is 0 Å². The highest BCUT2D eigenvalue weighted by molar-refractivity contribution is 7.94. The van der Waals surface area contributed by atoms with Crippen LogP contribution in [0.2, 0.25) is 0 Å². The predicted octanol–water partition coefficient (Wildman–Crippen LogP) is 2.79. The van der Waals surface area contributed by atoms with E-state index in [0.29, 0.717) is 13.1 Å². The summed E-state index contributed by atoms with van der Waals surface area (Å²) in [6.45, 7) is 0.491. The van der Waals surface area contributed by atoms with Crippen LogP contribution in [-0.2, 0) is 24.8 Å². The van der Waals surface area contributed by atoms with Gasteiger partial charge in [0.1, 0.15) is 10.8 Å². The first-order valence-corrected chi connectivity index (χ1v) is 14.5. The molecule has 2 fully saturated rings. The molecular weight excluding hydrogens is 470 g/mol. The van der Waals surface area contributed by atoms with Crippen molar-refractivity contribution in [3.05, 3.63) is 41.8 Å². The number of thiophene rings is 1. The highest BCUT2D eigenvalue weighted by Gasteiger charge is 2.32. The lowest BCUT2D eigenvalue weighted by atomic mass is 10.2. The van der Waals surface area contributed by atoms with Gasteiger partial charge in [-0.15, -0.1) is 11.3 Å². The van der Waals surface area contributed by atoms with Crippen molar-refractivity contribution < 1.29 is 21.6 Å². The minimum Gasteiger partial charge on any atom is -0.352 e. The topological polar surface area (TPSA) is 104 Å². The molecule has 1 aromatic carbocycles. The van der Waals surface area contributed by atoms with E-state index in [1.54, 1.807) is 11.4 Å². The Bertz CT molecular complexity index is 1150. The molecule has 32 heavy (non-hydrogen) atoms. The Balaban J connectivity index is 1.67. The molecule has 4 rings (SSSR count). The number of carbonyl (C=O) groups is 1. The molecule has 2 aliphatic rings. The van der Waals surface area contributed by atoms with Gasteiger partial charge < -0.3 is 5.32 Å². The van der Waals surface area contributed by atoms with Gasteiger partial charge in [0.05, 0.1) is 10.6 Å². The molecule has 1 N–H and O–H groups in total. The van der Waals surface area contributed by atoms with E-state index in [0.717, 1.165) is 54.2 Å². The summed E-state index contributed by atoms with van der Waals surface area (Å²) in [5.74, 6) is -0.398. The Kier molecular flexibility index (Phi) is 6.89. The molecule has 1 aliphatic heterocycles. The fourth-order valence-corrected chi connectivity index (χ4v) is 8.26. The highest BCUT2D eigenvalue weighted by Crippen LogP contribution is 2.30. The summed E-state index contributed by atoms with van der Waals surface area (Å²) in [4.78, 5) is 12.8. The fraction of sp³-hybridized carbons (Fsp3) is 0.476. The molecule has 0 unspecified atom stereocenters. The van der Waals surface area contributed by atoms with Crippen LogP contribution in [0.25, 0.3) is 0 Å². The molecule has 0 bridgehead atoms. The first-order valence-electron chi connectivity index (χ1n) is 10.7. The molecule has 1 aliphatic carbocycles. The average Bonchev–Trinajstić information content (AvgIpc) is 3.55. The molecule has 1 saturated carbocycles. The molecule has 0 atom stereocenters. The zero-order chi connectivity index (χ0) is 22.8. The van der Waals surface area contributed by atoms with Gasteiger partial charge in [0.25, 0.3) is 10.0 Å². The molecule has 11 heteroatoms. The minimum atomic E-state index is -4.04. The standard InChI is InChI=1S/C21H27N3O5S3/c25-20(22-17-7-1-2-8-17)16-24(32(28,29)21-11-6-14-30-21)18-9-5-10-19(15-18)31(26,27)23-12-3-4-13-23/h5-6,9-11,14-15,17H,1-4,7-8,12-13,16H2,(H,22,25). The fourth-order valence-electron chi connectivity index (χ4n) is 4.18. The quantitative estimate of drug-likeness (QED) is 0.604. The van der Waals surface area contributed by atoms with E-state index in [9.17, 15) is 21.6 Å². The lowest BCUT2D eigenvalue weighted by Crippen LogP contribution is -2.43. The van der Waals surface area contributed by atoms with E-state index in [1.807, 2.05) is 0 Å². The number of hydrogen-bond donors (Lipinski definition) is 1. The monoisotopic (exact) mass is 497 g/mol. The van der Waals surface area contributed by atoms with Gasteiger partial charge in [-0.1, -0.05) is 25.0 Å². The molecule has 1 aromatic heterocycles. The lowest BCUT2D eigenvalue weighted by Gasteiger charge is -2.25. The maximum absolute atomic E-state index is 13.4. The maximum atomic E-state index is 13.4. The van der Waals surface area contributed by atoms with Gasteiger partial charge in [-0.3, -0.25) is 9.10 Å². The summed E-state index contributed by atoms with van der Waals surface area (Å²) < 4.78 is 55.3. The Hall–Kier alpha value is -1.95. The molecule has 1 amide bonds. The van der Waals surface area contributed by atoms with Crippen molar-refractivity contribution in [2.75, 3.05) is 23.9 Å². The molecule has 2 heterocycles. The molecule has 174 valence electrons. The second kappa shape index (κ2) is 9.50. The summed E-state index contributed by atoms with van der Waals surface area (Å²) in [7, 11) is -7.77. The highest BCUT2D eigenvalue weighted by atomic mass is 32.2. The second-order valence-corrected chi connectivity index (χ2v) is 13.1. The largest absolute Gasteiger partial charge is 0.352 e. The van der Waals surface area contributed by atoms with E-state index in [-0.39, 0.29) is 20.8 Å². The lowest BCUT2D eigenvalue weighted by molar-refractivity contribution is -0.120. The van der Waals surface area contributed by atoms with Crippen molar-refractivity contribution in [3.8, 4) is 0 Å². The molecule has 0 radical (unpaired) electrons. The normalized spacial score (nSPS) is 18.1. The van der Waals surface area contributed by atoms with Crippen LogP contribution in [0.1, 0.15) is 38.5 Å². The third-order valence-electron chi connectivity index (χ3n) is 5.86. The average molecular weight is 498 g/mol. The number of rotatable bonds is 8. The van der Waals surface area contributed by atoms with Crippen LogP contribution >= 0.6 is 11.3 Å². The Morgan fingerprint density at radius 2 is 1.75 bits per heavy atom. The Morgan fingerprint density at radius 1 is 1.03 bits per heavy atom. The summed E-state index contributed by atoms with van der Waals surface area (Å²) in [6.07, 6.45) is 5.45. The smallest absolute Gasteiger partial charge is 0.274 e. The van der Waals surface area contributed by atoms with E-state index in [2.05, 4.69) is 5.32 Å². The van der Waals surface area contributed by atoms with E-state index in [1.165, 1.54) is 34.6 Å². The zero-order valence-electron chi connectivity index (χ0n) is 17.6. The van der Waals surface area contributed by atoms with E-state index in [4.69, 9.17) is 0 Å². The van der Waals surface area contributed by atoms with Crippen molar-refractivity contribution in [2.24, 2.45) is 0 Å². The minimum absolute atomic E-state index is 0.0273. The van der Waals surface area contributed by atoms with Gasteiger partial charge in [-0.25, -0.2) is 16.8 Å². The van der Waals surface area contributed by atoms with E-state index >= 15 is 0 Å². The number of hydrogen-bond acceptors (Lipinski definition) is 6. The van der Waals surface area contributed by atoms with Crippen LogP contribution in [0.4, 0.5) is 5.69 Å². The van der Waals surface area contributed by atoms with Crippen molar-refractivity contribution in [1.29, 1.82) is 0 Å². The number of carbonyl (C=O) groups excluding carboxylic acids is 1.